The molecule has 0 saturated carbocycles. The minimum absolute atomic E-state index is 0.127. The van der Waals surface area contributed by atoms with Gasteiger partial charge in [0.1, 0.15) is 0 Å². The van der Waals surface area contributed by atoms with E-state index >= 15 is 0 Å². The molecule has 3 rings (SSSR count). The number of halogens is 1. The Morgan fingerprint density at radius 2 is 2.00 bits per heavy atom. The molecule has 1 saturated heterocycles. The van der Waals surface area contributed by atoms with Gasteiger partial charge >= 0.3 is 0 Å². The molecule has 1 aromatic heterocycles. The van der Waals surface area contributed by atoms with Crippen molar-refractivity contribution in [3.05, 3.63) is 51.4 Å². The molecular weight excluding hydrogens is 288 g/mol. The molecule has 0 spiro atoms. The van der Waals surface area contributed by atoms with E-state index in [0.717, 1.165) is 24.3 Å². The summed E-state index contributed by atoms with van der Waals surface area (Å²) >= 11 is 6.13. The Morgan fingerprint density at radius 3 is 2.71 bits per heavy atom. The van der Waals surface area contributed by atoms with Crippen LogP contribution in [-0.4, -0.2) is 22.9 Å². The van der Waals surface area contributed by atoms with Crippen molar-refractivity contribution in [2.24, 2.45) is 0 Å². The average Bonchev–Trinajstić information content (AvgIpc) is 2.99. The van der Waals surface area contributed by atoms with Gasteiger partial charge in [-0.15, -0.1) is 0 Å². The van der Waals surface area contributed by atoms with Gasteiger partial charge in [0.15, 0.2) is 0 Å². The number of hydrogen-bond acceptors (Lipinski definition) is 4. The highest BCUT2D eigenvalue weighted by atomic mass is 35.5. The largest absolute Gasteiger partial charge is 0.399 e. The quantitative estimate of drug-likeness (QED) is 0.882. The summed E-state index contributed by atoms with van der Waals surface area (Å²) in [5.74, 6) is 0. The Morgan fingerprint density at radius 1 is 1.24 bits per heavy atom. The van der Waals surface area contributed by atoms with Crippen LogP contribution in [0.2, 0.25) is 5.02 Å². The Labute approximate surface area is 127 Å². The summed E-state index contributed by atoms with van der Waals surface area (Å²) < 4.78 is 1.40. The predicted molar refractivity (Wildman–Crippen MR) is 84.9 cm³/mol. The van der Waals surface area contributed by atoms with Gasteiger partial charge in [0.2, 0.25) is 0 Å². The lowest BCUT2D eigenvalue weighted by molar-refractivity contribution is 0.637. The van der Waals surface area contributed by atoms with Gasteiger partial charge in [0, 0.05) is 29.9 Å². The normalized spacial score (nSPS) is 14.6. The number of nitrogen functional groups attached to an aromatic ring is 1. The highest BCUT2D eigenvalue weighted by Crippen LogP contribution is 2.20. The fourth-order valence-corrected chi connectivity index (χ4v) is 2.75. The van der Waals surface area contributed by atoms with E-state index in [1.165, 1.54) is 17.5 Å². The van der Waals surface area contributed by atoms with E-state index in [-0.39, 0.29) is 5.56 Å². The number of rotatable bonds is 3. The van der Waals surface area contributed by atoms with Crippen molar-refractivity contribution in [3.8, 4) is 0 Å². The number of anilines is 2. The maximum absolute atomic E-state index is 12.2. The highest BCUT2D eigenvalue weighted by Gasteiger charge is 2.14. The molecule has 2 heterocycles. The number of hydrogen-bond donors (Lipinski definition) is 1. The average molecular weight is 305 g/mol. The minimum atomic E-state index is -0.127. The van der Waals surface area contributed by atoms with Crippen molar-refractivity contribution < 1.29 is 0 Å². The summed E-state index contributed by atoms with van der Waals surface area (Å²) in [7, 11) is 0. The van der Waals surface area contributed by atoms with Crippen molar-refractivity contribution in [1.29, 1.82) is 0 Å². The standard InChI is InChI=1S/C15H17ClN4O/c16-14-4-3-12(17)7-11(14)10-20-15(21)8-13(9-18-20)19-5-1-2-6-19/h3-4,7-9H,1-2,5-6,10,17H2. The molecule has 0 bridgehead atoms. The molecule has 0 aliphatic carbocycles. The first-order chi connectivity index (χ1) is 10.1. The molecule has 0 unspecified atom stereocenters. The van der Waals surface area contributed by atoms with E-state index in [2.05, 4.69) is 10.00 Å². The van der Waals surface area contributed by atoms with Crippen LogP contribution in [0.15, 0.2) is 35.3 Å². The maximum atomic E-state index is 12.2. The first kappa shape index (κ1) is 13.9. The Bertz CT molecular complexity index is 707. The van der Waals surface area contributed by atoms with E-state index < -0.39 is 0 Å². The Balaban J connectivity index is 1.86. The lowest BCUT2D eigenvalue weighted by Gasteiger charge is -2.17. The summed E-state index contributed by atoms with van der Waals surface area (Å²) in [4.78, 5) is 14.4. The summed E-state index contributed by atoms with van der Waals surface area (Å²) in [6.07, 6.45) is 4.08. The summed E-state index contributed by atoms with van der Waals surface area (Å²) in [5, 5.41) is 4.84. The van der Waals surface area contributed by atoms with Crippen LogP contribution in [-0.2, 0) is 6.54 Å². The zero-order valence-electron chi connectivity index (χ0n) is 11.6. The molecule has 1 aliphatic rings. The van der Waals surface area contributed by atoms with E-state index in [1.807, 2.05) is 0 Å². The third kappa shape index (κ3) is 3.03. The van der Waals surface area contributed by atoms with Crippen molar-refractivity contribution in [2.75, 3.05) is 23.7 Å². The van der Waals surface area contributed by atoms with Crippen LogP contribution in [0.25, 0.3) is 0 Å². The number of nitrogens with two attached hydrogens (primary N) is 1. The van der Waals surface area contributed by atoms with Crippen molar-refractivity contribution in [2.45, 2.75) is 19.4 Å². The fourth-order valence-electron chi connectivity index (χ4n) is 2.57. The van der Waals surface area contributed by atoms with Crippen molar-refractivity contribution >= 4 is 23.0 Å². The second-order valence-corrected chi connectivity index (χ2v) is 5.66. The smallest absolute Gasteiger partial charge is 0.269 e. The van der Waals surface area contributed by atoms with Gasteiger partial charge in [-0.1, -0.05) is 11.6 Å². The molecule has 110 valence electrons. The summed E-state index contributed by atoms with van der Waals surface area (Å²) in [6.45, 7) is 2.31. The van der Waals surface area contributed by atoms with Gasteiger partial charge in [-0.2, -0.15) is 5.10 Å². The Hall–Kier alpha value is -2.01. The Kier molecular flexibility index (Phi) is 3.84. The van der Waals surface area contributed by atoms with Gasteiger partial charge in [-0.3, -0.25) is 4.79 Å². The number of benzene rings is 1. The van der Waals surface area contributed by atoms with Crippen LogP contribution in [0.5, 0.6) is 0 Å². The van der Waals surface area contributed by atoms with Crippen LogP contribution in [0.1, 0.15) is 18.4 Å². The van der Waals surface area contributed by atoms with E-state index in [0.29, 0.717) is 17.3 Å². The second kappa shape index (κ2) is 5.77. The van der Waals surface area contributed by atoms with Crippen LogP contribution in [0, 0.1) is 0 Å². The molecule has 1 aliphatic heterocycles. The molecular formula is C15H17ClN4O. The summed E-state index contributed by atoms with van der Waals surface area (Å²) in [5.41, 5.74) is 7.93. The zero-order valence-corrected chi connectivity index (χ0v) is 12.4. The molecule has 1 aromatic carbocycles. The molecule has 0 radical (unpaired) electrons. The first-order valence-corrected chi connectivity index (χ1v) is 7.37. The highest BCUT2D eigenvalue weighted by molar-refractivity contribution is 6.31. The van der Waals surface area contributed by atoms with Crippen LogP contribution < -0.4 is 16.2 Å². The van der Waals surface area contributed by atoms with Gasteiger partial charge in [0.05, 0.1) is 18.4 Å². The van der Waals surface area contributed by atoms with E-state index in [1.54, 1.807) is 30.5 Å². The molecule has 5 nitrogen and oxygen atoms in total. The van der Waals surface area contributed by atoms with Gasteiger partial charge in [-0.25, -0.2) is 4.68 Å². The van der Waals surface area contributed by atoms with Gasteiger partial charge < -0.3 is 10.6 Å². The lowest BCUT2D eigenvalue weighted by Crippen LogP contribution is -2.26. The SMILES string of the molecule is Nc1ccc(Cl)c(Cn2ncc(N3CCCC3)cc2=O)c1. The van der Waals surface area contributed by atoms with Crippen LogP contribution in [0.4, 0.5) is 11.4 Å². The topological polar surface area (TPSA) is 64.2 Å². The second-order valence-electron chi connectivity index (χ2n) is 5.25. The lowest BCUT2D eigenvalue weighted by atomic mass is 10.2. The number of nitrogens with zero attached hydrogens (tertiary/aromatic N) is 3. The molecule has 0 amide bonds. The molecule has 21 heavy (non-hydrogen) atoms. The zero-order chi connectivity index (χ0) is 14.8. The van der Waals surface area contributed by atoms with Crippen molar-refractivity contribution in [1.82, 2.24) is 9.78 Å². The van der Waals surface area contributed by atoms with Gasteiger partial charge in [-0.05, 0) is 36.6 Å². The van der Waals surface area contributed by atoms with Crippen LogP contribution in [0.3, 0.4) is 0 Å². The van der Waals surface area contributed by atoms with Crippen molar-refractivity contribution in [3.63, 3.8) is 0 Å². The molecule has 1 fully saturated rings. The first-order valence-electron chi connectivity index (χ1n) is 6.99. The monoisotopic (exact) mass is 304 g/mol. The molecule has 0 atom stereocenters. The molecule has 2 aromatic rings. The van der Waals surface area contributed by atoms with Gasteiger partial charge in [0.25, 0.3) is 5.56 Å². The van der Waals surface area contributed by atoms with E-state index in [9.17, 15) is 4.79 Å². The molecule has 2 N–H and O–H groups in total. The number of aromatic nitrogens is 2. The summed E-state index contributed by atoms with van der Waals surface area (Å²) in [6, 6.07) is 6.87. The fraction of sp³-hybridized carbons (Fsp3) is 0.333. The maximum Gasteiger partial charge on any atom is 0.269 e. The van der Waals surface area contributed by atoms with E-state index in [4.69, 9.17) is 17.3 Å². The minimum Gasteiger partial charge on any atom is -0.399 e. The van der Waals surface area contributed by atoms with Crippen LogP contribution >= 0.6 is 11.6 Å². The molecule has 6 heteroatoms. The third-order valence-electron chi connectivity index (χ3n) is 3.72. The predicted octanol–water partition coefficient (Wildman–Crippen LogP) is 2.13. The third-order valence-corrected chi connectivity index (χ3v) is 4.08.